The molecule has 1 saturated carbocycles. The van der Waals surface area contributed by atoms with E-state index in [2.05, 4.69) is 9.97 Å². The number of halogens is 1. The lowest BCUT2D eigenvalue weighted by Crippen LogP contribution is -2.45. The highest BCUT2D eigenvalue weighted by molar-refractivity contribution is 7.17. The molecule has 1 aliphatic carbocycles. The molecular formula is C22H23ClN4O4S. The van der Waals surface area contributed by atoms with Gasteiger partial charge in [-0.15, -0.1) is 22.9 Å². The number of rotatable bonds is 5. The van der Waals surface area contributed by atoms with E-state index in [1.54, 1.807) is 17.3 Å². The fraction of sp³-hybridized carbons (Fsp3) is 0.500. The van der Waals surface area contributed by atoms with Crippen molar-refractivity contribution in [3.8, 4) is 10.4 Å². The van der Waals surface area contributed by atoms with Crippen molar-refractivity contribution in [2.45, 2.75) is 49.1 Å². The van der Waals surface area contributed by atoms with Crippen molar-refractivity contribution in [1.82, 2.24) is 14.9 Å². The third kappa shape index (κ3) is 3.62. The van der Waals surface area contributed by atoms with E-state index in [0.29, 0.717) is 10.4 Å². The highest BCUT2D eigenvalue weighted by Gasteiger charge is 2.53. The minimum Gasteiger partial charge on any atom is -0.366 e. The minimum atomic E-state index is -0.661. The second-order valence-electron chi connectivity index (χ2n) is 8.60. The van der Waals surface area contributed by atoms with Gasteiger partial charge in [-0.3, -0.25) is 14.4 Å². The van der Waals surface area contributed by atoms with Crippen molar-refractivity contribution in [3.05, 3.63) is 35.2 Å². The fourth-order valence-corrected chi connectivity index (χ4v) is 6.67. The maximum atomic E-state index is 14.0. The van der Waals surface area contributed by atoms with Crippen molar-refractivity contribution >= 4 is 40.5 Å². The zero-order valence-electron chi connectivity index (χ0n) is 17.3. The second kappa shape index (κ2) is 8.53. The highest BCUT2D eigenvalue weighted by atomic mass is 35.5. The number of amides is 2. The number of primary amides is 1. The van der Waals surface area contributed by atoms with Gasteiger partial charge in [0.15, 0.2) is 5.78 Å². The number of hydrogen-bond acceptors (Lipinski definition) is 7. The lowest BCUT2D eigenvalue weighted by Gasteiger charge is -2.30. The van der Waals surface area contributed by atoms with Gasteiger partial charge in [-0.05, 0) is 30.4 Å². The minimum absolute atomic E-state index is 0.0282. The first-order chi connectivity index (χ1) is 15.5. The van der Waals surface area contributed by atoms with Crippen LogP contribution in [-0.2, 0) is 14.3 Å². The number of nitrogens with zero attached hydrogens (tertiary/aromatic N) is 3. The smallest absolute Gasteiger partial charge is 0.259 e. The Morgan fingerprint density at radius 2 is 1.97 bits per heavy atom. The molecule has 4 atom stereocenters. The van der Waals surface area contributed by atoms with E-state index in [-0.39, 0.29) is 30.8 Å². The Balaban J connectivity index is 1.57. The van der Waals surface area contributed by atoms with Gasteiger partial charge in [-0.1, -0.05) is 12.8 Å². The number of alkyl halides is 1. The van der Waals surface area contributed by atoms with E-state index in [1.165, 1.54) is 17.7 Å². The maximum Gasteiger partial charge on any atom is 0.259 e. The molecule has 0 unspecified atom stereocenters. The van der Waals surface area contributed by atoms with Crippen molar-refractivity contribution in [1.29, 1.82) is 0 Å². The van der Waals surface area contributed by atoms with E-state index < -0.39 is 29.3 Å². The summed E-state index contributed by atoms with van der Waals surface area (Å²) in [4.78, 5) is 49.7. The summed E-state index contributed by atoms with van der Waals surface area (Å²) in [6, 6.07) is 1.20. The molecule has 2 aromatic rings. The largest absolute Gasteiger partial charge is 0.366 e. The molecule has 5 rings (SSSR count). The van der Waals surface area contributed by atoms with Gasteiger partial charge in [-0.2, -0.15) is 0 Å². The lowest BCUT2D eigenvalue weighted by molar-refractivity contribution is -0.138. The Hall–Kier alpha value is -2.36. The van der Waals surface area contributed by atoms with Crippen molar-refractivity contribution in [3.63, 3.8) is 0 Å². The summed E-state index contributed by atoms with van der Waals surface area (Å²) < 4.78 is 5.56. The Morgan fingerprint density at radius 3 is 2.66 bits per heavy atom. The van der Waals surface area contributed by atoms with Crippen LogP contribution in [0, 0.1) is 5.92 Å². The molecule has 2 amide bonds. The third-order valence-corrected chi connectivity index (χ3v) is 8.31. The van der Waals surface area contributed by atoms with Gasteiger partial charge < -0.3 is 15.4 Å². The van der Waals surface area contributed by atoms with Crippen LogP contribution in [0.3, 0.4) is 0 Å². The summed E-state index contributed by atoms with van der Waals surface area (Å²) >= 11 is 7.68. The average molecular weight is 475 g/mol. The lowest BCUT2D eigenvalue weighted by atomic mass is 9.83. The van der Waals surface area contributed by atoms with Crippen LogP contribution >= 0.6 is 22.9 Å². The molecule has 4 heterocycles. The monoisotopic (exact) mass is 474 g/mol. The van der Waals surface area contributed by atoms with Crippen LogP contribution in [0.4, 0.5) is 0 Å². The van der Waals surface area contributed by atoms with E-state index in [9.17, 15) is 14.4 Å². The average Bonchev–Trinajstić information content (AvgIpc) is 3.56. The zero-order valence-corrected chi connectivity index (χ0v) is 18.8. The van der Waals surface area contributed by atoms with Gasteiger partial charge >= 0.3 is 0 Å². The van der Waals surface area contributed by atoms with Crippen molar-refractivity contribution < 1.29 is 19.1 Å². The van der Waals surface area contributed by atoms with Gasteiger partial charge in [-0.25, -0.2) is 9.97 Å². The molecule has 3 aliphatic rings. The molecule has 32 heavy (non-hydrogen) atoms. The van der Waals surface area contributed by atoms with E-state index in [1.807, 2.05) is 6.07 Å². The standard InChI is InChI=1S/C22H23ClN4O4S/c23-14-8-27(18-15(28)9-31-19(14)18)22(30)17(11-3-1-2-4-11)13-5-16(32-20(13)21(24)29)12-6-25-10-26-7-12/h5-7,10-11,14,17-19H,1-4,8-9H2,(H2,24,29)/t14-,17-,18+,19+/m0/s1. The van der Waals surface area contributed by atoms with Crippen LogP contribution in [0.25, 0.3) is 10.4 Å². The molecule has 3 fully saturated rings. The normalized spacial score (nSPS) is 26.5. The maximum absolute atomic E-state index is 14.0. The predicted molar refractivity (Wildman–Crippen MR) is 118 cm³/mol. The molecular weight excluding hydrogens is 452 g/mol. The molecule has 2 N–H and O–H groups in total. The molecule has 0 bridgehead atoms. The number of carbonyl (C=O) groups excluding carboxylic acids is 3. The topological polar surface area (TPSA) is 115 Å². The molecule has 0 aromatic carbocycles. The molecule has 0 spiro atoms. The number of aromatic nitrogens is 2. The Morgan fingerprint density at radius 1 is 1.25 bits per heavy atom. The first kappa shape index (κ1) is 21.5. The third-order valence-electron chi connectivity index (χ3n) is 6.71. The summed E-state index contributed by atoms with van der Waals surface area (Å²) in [5.41, 5.74) is 7.12. The predicted octanol–water partition coefficient (Wildman–Crippen LogP) is 2.36. The molecule has 0 radical (unpaired) electrons. The second-order valence-corrected chi connectivity index (χ2v) is 10.2. The molecule has 168 valence electrons. The SMILES string of the molecule is NC(=O)c1sc(-c2cncnc2)cc1[C@@H](C(=O)N1C[C@H](Cl)[C@H]2OCC(=O)[C@H]21)C1CCCC1. The first-order valence-corrected chi connectivity index (χ1v) is 12.0. The van der Waals surface area contributed by atoms with Crippen LogP contribution in [0.1, 0.15) is 46.8 Å². The van der Waals surface area contributed by atoms with E-state index >= 15 is 0 Å². The van der Waals surface area contributed by atoms with Crippen molar-refractivity contribution in [2.24, 2.45) is 11.7 Å². The molecule has 2 saturated heterocycles. The number of likely N-dealkylation sites (tertiary alicyclic amines) is 1. The van der Waals surface area contributed by atoms with Crippen molar-refractivity contribution in [2.75, 3.05) is 13.2 Å². The Labute approximate surface area is 194 Å². The number of thiophene rings is 1. The molecule has 10 heteroatoms. The number of fused-ring (bicyclic) bond motifs is 1. The summed E-state index contributed by atoms with van der Waals surface area (Å²) in [5, 5.41) is -0.435. The fourth-order valence-electron chi connectivity index (χ4n) is 5.28. The summed E-state index contributed by atoms with van der Waals surface area (Å²) in [6.45, 7) is 0.222. The van der Waals surface area contributed by atoms with Gasteiger partial charge in [0.05, 0.1) is 16.2 Å². The van der Waals surface area contributed by atoms with E-state index in [0.717, 1.165) is 36.1 Å². The quantitative estimate of drug-likeness (QED) is 0.665. The number of ketones is 1. The molecule has 8 nitrogen and oxygen atoms in total. The highest BCUT2D eigenvalue weighted by Crippen LogP contribution is 2.45. The number of Topliss-reactive ketones (excluding diaryl/α,β-unsaturated/α-hetero) is 1. The van der Waals surface area contributed by atoms with Crippen LogP contribution in [0.5, 0.6) is 0 Å². The summed E-state index contributed by atoms with van der Waals surface area (Å²) in [7, 11) is 0. The Bertz CT molecular complexity index is 1060. The summed E-state index contributed by atoms with van der Waals surface area (Å²) in [5.74, 6) is -1.37. The van der Waals surface area contributed by atoms with Crippen LogP contribution in [0.2, 0.25) is 0 Å². The first-order valence-electron chi connectivity index (χ1n) is 10.7. The number of nitrogens with two attached hydrogens (primary N) is 1. The van der Waals surface area contributed by atoms with Gasteiger partial charge in [0.25, 0.3) is 5.91 Å². The number of hydrogen-bond donors (Lipinski definition) is 1. The number of carbonyl (C=O) groups is 3. The molecule has 2 aromatic heterocycles. The number of ether oxygens (including phenoxy) is 1. The molecule has 2 aliphatic heterocycles. The van der Waals surface area contributed by atoms with E-state index in [4.69, 9.17) is 22.1 Å². The zero-order chi connectivity index (χ0) is 22.4. The van der Waals surface area contributed by atoms with Gasteiger partial charge in [0.1, 0.15) is 25.1 Å². The Kier molecular flexibility index (Phi) is 5.73. The van der Waals surface area contributed by atoms with Crippen LogP contribution < -0.4 is 5.73 Å². The van der Waals surface area contributed by atoms with Crippen LogP contribution in [0.15, 0.2) is 24.8 Å². The van der Waals surface area contributed by atoms with Gasteiger partial charge in [0.2, 0.25) is 5.91 Å². The van der Waals surface area contributed by atoms with Crippen LogP contribution in [-0.4, -0.2) is 63.1 Å². The van der Waals surface area contributed by atoms with Gasteiger partial charge in [0, 0.05) is 29.4 Å². The summed E-state index contributed by atoms with van der Waals surface area (Å²) in [6.07, 6.45) is 8.09.